The van der Waals surface area contributed by atoms with E-state index in [2.05, 4.69) is 0 Å². The molecule has 4 aromatic rings. The molecule has 230 valence electrons. The first kappa shape index (κ1) is 31.2. The third-order valence-corrected chi connectivity index (χ3v) is 9.27. The zero-order valence-corrected chi connectivity index (χ0v) is 26.6. The molecule has 5 rings (SSSR count). The summed E-state index contributed by atoms with van der Waals surface area (Å²) in [5.41, 5.74) is 7.40. The molecule has 0 atom stereocenters. The lowest BCUT2D eigenvalue weighted by atomic mass is 9.84. The summed E-state index contributed by atoms with van der Waals surface area (Å²) in [6.45, 7) is 12.0. The molecule has 0 aromatic heterocycles. The number of halogens is 1. The smallest absolute Gasteiger partial charge is 0.270 e. The molecule has 0 saturated heterocycles. The van der Waals surface area contributed by atoms with E-state index in [9.17, 15) is 30.5 Å². The van der Waals surface area contributed by atoms with Gasteiger partial charge in [0, 0.05) is 76.2 Å². The van der Waals surface area contributed by atoms with E-state index in [1.165, 1.54) is 12.1 Å². The fraction of sp³-hybridized carbons (Fsp3) is 0.333. The summed E-state index contributed by atoms with van der Waals surface area (Å²) in [6, 6.07) is 9.82. The maximum atomic E-state index is 12.0. The van der Waals surface area contributed by atoms with Gasteiger partial charge in [0.25, 0.3) is 5.69 Å². The second kappa shape index (κ2) is 11.7. The Hall–Kier alpha value is -4.23. The maximum absolute atomic E-state index is 12.0. The molecule has 1 aliphatic rings. The lowest BCUT2D eigenvalue weighted by molar-refractivity contribution is -0.385. The second-order valence-corrected chi connectivity index (χ2v) is 13.0. The van der Waals surface area contributed by atoms with Gasteiger partial charge in [-0.1, -0.05) is 51.4 Å². The van der Waals surface area contributed by atoms with Gasteiger partial charge in [-0.2, -0.15) is 0 Å². The van der Waals surface area contributed by atoms with Crippen LogP contribution in [0.2, 0.25) is 5.02 Å². The van der Waals surface area contributed by atoms with Crippen LogP contribution >= 0.6 is 11.6 Å². The van der Waals surface area contributed by atoms with Gasteiger partial charge in [0.05, 0.1) is 4.92 Å². The lowest BCUT2D eigenvalue weighted by Gasteiger charge is -2.23. The quantitative estimate of drug-likeness (QED) is 0.119. The third kappa shape index (κ3) is 5.57. The third-order valence-electron chi connectivity index (χ3n) is 9.05. The minimum atomic E-state index is -0.496. The molecule has 4 aromatic carbocycles. The number of phenolic OH excluding ortho intramolecular Hbond substituents is 4. The minimum Gasteiger partial charge on any atom is -0.507 e. The van der Waals surface area contributed by atoms with Crippen LogP contribution in [0.15, 0.2) is 36.4 Å². The lowest BCUT2D eigenvalue weighted by Crippen LogP contribution is -2.07. The second-order valence-electron chi connectivity index (χ2n) is 12.6. The van der Waals surface area contributed by atoms with E-state index in [-0.39, 0.29) is 66.2 Å². The summed E-state index contributed by atoms with van der Waals surface area (Å²) in [7, 11) is 0. The van der Waals surface area contributed by atoms with Gasteiger partial charge >= 0.3 is 0 Å². The summed E-state index contributed by atoms with van der Waals surface area (Å²) >= 11 is 6.61. The summed E-state index contributed by atoms with van der Waals surface area (Å²) < 4.78 is 0. The topological polar surface area (TPSA) is 124 Å². The molecule has 0 saturated carbocycles. The fourth-order valence-corrected chi connectivity index (χ4v) is 6.88. The van der Waals surface area contributed by atoms with Crippen molar-refractivity contribution in [1.82, 2.24) is 0 Å². The number of fused-ring (bicyclic) bond motifs is 8. The first-order valence-electron chi connectivity index (χ1n) is 14.9. The molecule has 1 aliphatic carbocycles. The first-order valence-corrected chi connectivity index (χ1v) is 15.2. The average molecular weight is 616 g/mol. The highest BCUT2D eigenvalue weighted by molar-refractivity contribution is 6.30. The van der Waals surface area contributed by atoms with Gasteiger partial charge in [0.15, 0.2) is 0 Å². The van der Waals surface area contributed by atoms with Crippen LogP contribution in [0.3, 0.4) is 0 Å². The molecule has 0 spiro atoms. The van der Waals surface area contributed by atoms with Crippen molar-refractivity contribution in [1.29, 1.82) is 0 Å². The Balaban J connectivity index is 1.88. The van der Waals surface area contributed by atoms with Crippen molar-refractivity contribution < 1.29 is 25.3 Å². The molecule has 0 heterocycles. The van der Waals surface area contributed by atoms with E-state index in [4.69, 9.17) is 11.6 Å². The minimum absolute atomic E-state index is 0.00709. The summed E-state index contributed by atoms with van der Waals surface area (Å²) in [5.74, 6) is 0.147. The highest BCUT2D eigenvalue weighted by Crippen LogP contribution is 2.43. The Labute approximate surface area is 262 Å². The Morgan fingerprint density at radius 1 is 0.614 bits per heavy atom. The monoisotopic (exact) mass is 615 g/mol. The van der Waals surface area contributed by atoms with Crippen LogP contribution in [-0.4, -0.2) is 25.3 Å². The number of rotatable bonds is 3. The molecule has 8 bridgehead atoms. The van der Waals surface area contributed by atoms with Gasteiger partial charge in [0.2, 0.25) is 0 Å². The SMILES string of the molecule is Cc1c(C(C)C)cc2c(O)c1Cc1cc(Cl)cc(c1O)Cc1c(C)c(C(C)C)cc(c1O)Cc1cc([N+](=O)[O-])cc(c1O)C2. The van der Waals surface area contributed by atoms with E-state index >= 15 is 0 Å². The van der Waals surface area contributed by atoms with Crippen molar-refractivity contribution in [3.63, 3.8) is 0 Å². The number of nitrogens with zero attached hydrogens (tertiary/aromatic N) is 1. The predicted molar refractivity (Wildman–Crippen MR) is 173 cm³/mol. The van der Waals surface area contributed by atoms with Gasteiger partial charge in [-0.25, -0.2) is 0 Å². The predicted octanol–water partition coefficient (Wildman–Crippen LogP) is 8.61. The summed E-state index contributed by atoms with van der Waals surface area (Å²) in [5, 5.41) is 58.8. The molecule has 8 heteroatoms. The van der Waals surface area contributed by atoms with Crippen LogP contribution in [-0.2, 0) is 25.7 Å². The summed E-state index contributed by atoms with van der Waals surface area (Å²) in [6.07, 6.45) is 0.432. The van der Waals surface area contributed by atoms with Gasteiger partial charge in [-0.05, 0) is 71.2 Å². The van der Waals surface area contributed by atoms with Crippen molar-refractivity contribution >= 4 is 17.3 Å². The van der Waals surface area contributed by atoms with Gasteiger partial charge in [-0.3, -0.25) is 10.1 Å². The Morgan fingerprint density at radius 3 is 1.30 bits per heavy atom. The molecular weight excluding hydrogens is 578 g/mol. The number of aromatic hydroxyl groups is 4. The van der Waals surface area contributed by atoms with Crippen molar-refractivity contribution in [2.75, 3.05) is 0 Å². The number of benzene rings is 4. The molecule has 4 N–H and O–H groups in total. The Kier molecular flexibility index (Phi) is 8.29. The van der Waals surface area contributed by atoms with Crippen LogP contribution in [0.4, 0.5) is 5.69 Å². The molecular formula is C36H38ClNO6. The van der Waals surface area contributed by atoms with Crippen LogP contribution in [0.1, 0.15) is 106 Å². The standard InChI is InChI=1S/C36H38ClNO6/c1-17(2)29-13-23-7-21-11-28(38(43)44)12-22(33(21)39)8-24-14-30(18(3)4)20(6)32(36(24)42)16-26-10-27(37)9-25(34(26)40)15-31(19(29)5)35(23)41/h9-14,17-18,39-42H,7-8,15-16H2,1-6H3. The van der Waals surface area contributed by atoms with E-state index < -0.39 is 4.92 Å². The number of hydrogen-bond acceptors (Lipinski definition) is 6. The molecule has 0 radical (unpaired) electrons. The number of phenols is 4. The highest BCUT2D eigenvalue weighted by atomic mass is 35.5. The fourth-order valence-electron chi connectivity index (χ4n) is 6.62. The summed E-state index contributed by atoms with van der Waals surface area (Å²) in [4.78, 5) is 11.5. The molecule has 0 aliphatic heterocycles. The van der Waals surface area contributed by atoms with Crippen LogP contribution in [0, 0.1) is 24.0 Å². The normalized spacial score (nSPS) is 13.0. The molecule has 0 unspecified atom stereocenters. The number of nitro groups is 1. The Morgan fingerprint density at radius 2 is 0.955 bits per heavy atom. The van der Waals surface area contributed by atoms with Crippen molar-refractivity contribution in [3.8, 4) is 23.0 Å². The molecule has 0 amide bonds. The van der Waals surface area contributed by atoms with Crippen LogP contribution in [0.5, 0.6) is 23.0 Å². The van der Waals surface area contributed by atoms with Gasteiger partial charge < -0.3 is 20.4 Å². The van der Waals surface area contributed by atoms with Gasteiger partial charge in [0.1, 0.15) is 23.0 Å². The number of nitro benzene ring substituents is 1. The molecule has 7 nitrogen and oxygen atoms in total. The van der Waals surface area contributed by atoms with E-state index in [0.717, 1.165) is 22.3 Å². The van der Waals surface area contributed by atoms with E-state index in [1.54, 1.807) is 12.1 Å². The van der Waals surface area contributed by atoms with E-state index in [1.807, 2.05) is 53.7 Å². The van der Waals surface area contributed by atoms with Crippen LogP contribution in [0.25, 0.3) is 0 Å². The number of non-ortho nitro benzene ring substituents is 1. The molecule has 0 fully saturated rings. The van der Waals surface area contributed by atoms with Crippen molar-refractivity contribution in [2.24, 2.45) is 0 Å². The van der Waals surface area contributed by atoms with Crippen molar-refractivity contribution in [3.05, 3.63) is 118 Å². The van der Waals surface area contributed by atoms with Gasteiger partial charge in [-0.15, -0.1) is 0 Å². The van der Waals surface area contributed by atoms with Crippen LogP contribution < -0.4 is 0 Å². The highest BCUT2D eigenvalue weighted by Gasteiger charge is 2.26. The zero-order chi connectivity index (χ0) is 32.2. The largest absolute Gasteiger partial charge is 0.507 e. The Bertz CT molecular complexity index is 1710. The zero-order valence-electron chi connectivity index (χ0n) is 25.9. The van der Waals surface area contributed by atoms with Crippen molar-refractivity contribution in [2.45, 2.75) is 79.1 Å². The first-order chi connectivity index (χ1) is 20.7. The number of hydrogen-bond donors (Lipinski definition) is 4. The van der Waals surface area contributed by atoms with E-state index in [0.29, 0.717) is 49.5 Å². The average Bonchev–Trinajstić information content (AvgIpc) is 2.94. The maximum Gasteiger partial charge on any atom is 0.270 e. The molecule has 44 heavy (non-hydrogen) atoms.